The summed E-state index contributed by atoms with van der Waals surface area (Å²) in [5.41, 5.74) is 4.29. The number of halogens is 1. The molecule has 4 aromatic rings. The van der Waals surface area contributed by atoms with Crippen LogP contribution in [0.2, 0.25) is 5.02 Å². The summed E-state index contributed by atoms with van der Waals surface area (Å²) < 4.78 is 2.16. The lowest BCUT2D eigenvalue weighted by Crippen LogP contribution is -2.32. The number of carbonyl (C=O) groups excluding carboxylic acids is 1. The van der Waals surface area contributed by atoms with Crippen molar-refractivity contribution in [1.82, 2.24) is 9.47 Å². The molecule has 4 rings (SSSR count). The van der Waals surface area contributed by atoms with Gasteiger partial charge in [0.1, 0.15) is 0 Å². The highest BCUT2D eigenvalue weighted by Gasteiger charge is 2.17. The number of amides is 1. The van der Waals surface area contributed by atoms with Gasteiger partial charge in [-0.3, -0.25) is 4.79 Å². The molecular weight excluding hydrogens is 404 g/mol. The van der Waals surface area contributed by atoms with Crippen molar-refractivity contribution in [3.63, 3.8) is 0 Å². The van der Waals surface area contributed by atoms with Crippen LogP contribution in [0.5, 0.6) is 0 Å². The molecule has 1 amide bonds. The second kappa shape index (κ2) is 10.1. The number of aromatic nitrogens is 1. The van der Waals surface area contributed by atoms with Crippen LogP contribution in [0.15, 0.2) is 103 Å². The van der Waals surface area contributed by atoms with E-state index in [1.54, 1.807) is 0 Å². The van der Waals surface area contributed by atoms with Gasteiger partial charge in [0.2, 0.25) is 5.91 Å². The zero-order valence-electron chi connectivity index (χ0n) is 17.3. The molecule has 0 bridgehead atoms. The van der Waals surface area contributed by atoms with E-state index in [9.17, 15) is 4.79 Å². The molecule has 0 fully saturated rings. The molecule has 4 heteroatoms. The highest BCUT2D eigenvalue weighted by Crippen LogP contribution is 2.19. The Morgan fingerprint density at radius 2 is 1.39 bits per heavy atom. The number of nitrogens with zero attached hydrogens (tertiary/aromatic N) is 2. The summed E-state index contributed by atoms with van der Waals surface area (Å²) in [5, 5.41) is 0.753. The zero-order chi connectivity index (χ0) is 21.5. The lowest BCUT2D eigenvalue weighted by molar-refractivity contribution is -0.131. The standard InChI is InChI=1S/C27H25ClN2O/c28-26-16-8-7-14-24(26)20-29-17-9-15-25(29)21-30(19-23-12-5-2-6-13-23)27(31)18-22-10-3-1-4-11-22/h1-17H,18-21H2. The Balaban J connectivity index is 1.55. The highest BCUT2D eigenvalue weighted by molar-refractivity contribution is 6.31. The number of rotatable bonds is 8. The summed E-state index contributed by atoms with van der Waals surface area (Å²) in [4.78, 5) is 15.2. The van der Waals surface area contributed by atoms with Crippen molar-refractivity contribution in [2.45, 2.75) is 26.1 Å². The van der Waals surface area contributed by atoms with Crippen LogP contribution in [0.1, 0.15) is 22.4 Å². The Labute approximate surface area is 188 Å². The van der Waals surface area contributed by atoms with E-state index in [-0.39, 0.29) is 5.91 Å². The minimum absolute atomic E-state index is 0.112. The van der Waals surface area contributed by atoms with Gasteiger partial charge >= 0.3 is 0 Å². The summed E-state index contributed by atoms with van der Waals surface area (Å²) in [6, 6.07) is 32.0. The van der Waals surface area contributed by atoms with Crippen LogP contribution in [0.4, 0.5) is 0 Å². The van der Waals surface area contributed by atoms with Gasteiger partial charge in [0.05, 0.1) is 13.0 Å². The second-order valence-corrected chi connectivity index (χ2v) is 8.02. The van der Waals surface area contributed by atoms with E-state index in [0.29, 0.717) is 26.1 Å². The normalized spacial score (nSPS) is 10.7. The molecular formula is C27H25ClN2O. The molecule has 0 atom stereocenters. The average Bonchev–Trinajstić information content (AvgIpc) is 3.23. The van der Waals surface area contributed by atoms with Gasteiger partial charge in [0.25, 0.3) is 0 Å². The second-order valence-electron chi connectivity index (χ2n) is 7.62. The number of benzene rings is 3. The van der Waals surface area contributed by atoms with E-state index >= 15 is 0 Å². The minimum atomic E-state index is 0.112. The molecule has 0 saturated heterocycles. The third-order valence-electron chi connectivity index (χ3n) is 5.34. The molecule has 3 aromatic carbocycles. The van der Waals surface area contributed by atoms with Gasteiger partial charge in [0.15, 0.2) is 0 Å². The first-order valence-electron chi connectivity index (χ1n) is 10.4. The molecule has 0 radical (unpaired) electrons. The molecule has 0 N–H and O–H groups in total. The Morgan fingerprint density at radius 3 is 2.10 bits per heavy atom. The molecule has 0 aliphatic heterocycles. The van der Waals surface area contributed by atoms with Gasteiger partial charge in [-0.2, -0.15) is 0 Å². The predicted molar refractivity (Wildman–Crippen MR) is 126 cm³/mol. The van der Waals surface area contributed by atoms with Crippen molar-refractivity contribution < 1.29 is 4.79 Å². The van der Waals surface area contributed by atoms with Crippen LogP contribution in [0.25, 0.3) is 0 Å². The third-order valence-corrected chi connectivity index (χ3v) is 5.71. The first kappa shape index (κ1) is 21.0. The fourth-order valence-electron chi connectivity index (χ4n) is 3.67. The van der Waals surface area contributed by atoms with Gasteiger partial charge in [-0.25, -0.2) is 0 Å². The third kappa shape index (κ3) is 5.65. The Morgan fingerprint density at radius 1 is 0.742 bits per heavy atom. The Hall–Kier alpha value is -3.30. The van der Waals surface area contributed by atoms with Crippen molar-refractivity contribution in [1.29, 1.82) is 0 Å². The topological polar surface area (TPSA) is 25.2 Å². The molecule has 0 saturated carbocycles. The van der Waals surface area contributed by atoms with Gasteiger partial charge in [-0.05, 0) is 34.9 Å². The molecule has 3 nitrogen and oxygen atoms in total. The van der Waals surface area contributed by atoms with Gasteiger partial charge in [-0.1, -0.05) is 90.5 Å². The van der Waals surface area contributed by atoms with Crippen LogP contribution >= 0.6 is 11.6 Å². The van der Waals surface area contributed by atoms with Crippen molar-refractivity contribution in [2.75, 3.05) is 0 Å². The number of hydrogen-bond acceptors (Lipinski definition) is 1. The summed E-state index contributed by atoms with van der Waals surface area (Å²) in [6.07, 6.45) is 2.43. The maximum absolute atomic E-state index is 13.3. The quantitative estimate of drug-likeness (QED) is 0.340. The Kier molecular flexibility index (Phi) is 6.85. The molecule has 0 unspecified atom stereocenters. The van der Waals surface area contributed by atoms with Crippen LogP contribution in [0, 0.1) is 0 Å². The van der Waals surface area contributed by atoms with Crippen molar-refractivity contribution >= 4 is 17.5 Å². The first-order chi connectivity index (χ1) is 15.2. The zero-order valence-corrected chi connectivity index (χ0v) is 18.1. The molecule has 0 spiro atoms. The lowest BCUT2D eigenvalue weighted by atomic mass is 10.1. The predicted octanol–water partition coefficient (Wildman–Crippen LogP) is 5.96. The van der Waals surface area contributed by atoms with Gasteiger partial charge in [-0.15, -0.1) is 0 Å². The molecule has 156 valence electrons. The Bertz CT molecular complexity index is 1120. The molecule has 1 aromatic heterocycles. The lowest BCUT2D eigenvalue weighted by Gasteiger charge is -2.24. The molecule has 1 heterocycles. The SMILES string of the molecule is O=C(Cc1ccccc1)N(Cc1ccccc1)Cc1cccn1Cc1ccccc1Cl. The molecule has 31 heavy (non-hydrogen) atoms. The van der Waals surface area contributed by atoms with Gasteiger partial charge in [0, 0.05) is 30.0 Å². The van der Waals surface area contributed by atoms with Crippen molar-refractivity contribution in [2.24, 2.45) is 0 Å². The molecule has 0 aliphatic carbocycles. The van der Waals surface area contributed by atoms with E-state index in [2.05, 4.69) is 22.8 Å². The summed E-state index contributed by atoms with van der Waals surface area (Å²) in [7, 11) is 0. The van der Waals surface area contributed by atoms with Crippen molar-refractivity contribution in [3.8, 4) is 0 Å². The largest absolute Gasteiger partial charge is 0.345 e. The smallest absolute Gasteiger partial charge is 0.227 e. The average molecular weight is 429 g/mol. The monoisotopic (exact) mass is 428 g/mol. The summed E-state index contributed by atoms with van der Waals surface area (Å²) in [5.74, 6) is 0.112. The van der Waals surface area contributed by atoms with E-state index in [1.165, 1.54) is 0 Å². The number of hydrogen-bond donors (Lipinski definition) is 0. The van der Waals surface area contributed by atoms with E-state index in [0.717, 1.165) is 27.4 Å². The van der Waals surface area contributed by atoms with E-state index in [1.807, 2.05) is 90.0 Å². The highest BCUT2D eigenvalue weighted by atomic mass is 35.5. The minimum Gasteiger partial charge on any atom is -0.345 e. The fourth-order valence-corrected chi connectivity index (χ4v) is 3.87. The van der Waals surface area contributed by atoms with Crippen LogP contribution in [-0.2, 0) is 30.8 Å². The summed E-state index contributed by atoms with van der Waals surface area (Å²) >= 11 is 6.37. The van der Waals surface area contributed by atoms with E-state index < -0.39 is 0 Å². The van der Waals surface area contributed by atoms with E-state index in [4.69, 9.17) is 11.6 Å². The number of carbonyl (C=O) groups is 1. The van der Waals surface area contributed by atoms with Crippen molar-refractivity contribution in [3.05, 3.63) is 131 Å². The molecule has 0 aliphatic rings. The fraction of sp³-hybridized carbons (Fsp3) is 0.148. The van der Waals surface area contributed by atoms with Crippen LogP contribution in [-0.4, -0.2) is 15.4 Å². The van der Waals surface area contributed by atoms with Gasteiger partial charge < -0.3 is 9.47 Å². The maximum Gasteiger partial charge on any atom is 0.227 e. The van der Waals surface area contributed by atoms with Crippen LogP contribution in [0.3, 0.4) is 0 Å². The first-order valence-corrected chi connectivity index (χ1v) is 10.8. The summed E-state index contributed by atoms with van der Waals surface area (Å²) in [6.45, 7) is 1.79. The van der Waals surface area contributed by atoms with Crippen LogP contribution < -0.4 is 0 Å². The maximum atomic E-state index is 13.3.